The van der Waals surface area contributed by atoms with Gasteiger partial charge in [-0.3, -0.25) is 14.4 Å². The van der Waals surface area contributed by atoms with Crippen molar-refractivity contribution in [1.82, 2.24) is 0 Å². The van der Waals surface area contributed by atoms with E-state index in [9.17, 15) is 33.6 Å². The summed E-state index contributed by atoms with van der Waals surface area (Å²) in [6.45, 7) is 4.60. The number of hydrogen-bond acceptors (Lipinski definition) is 9. The number of aromatic carboxylic acids is 4. The van der Waals surface area contributed by atoms with Crippen molar-refractivity contribution >= 4 is 52.9 Å². The highest BCUT2D eigenvalue weighted by molar-refractivity contribution is 6.05. The smallest absolute Gasteiger partial charge is 0.335 e. The molecule has 0 unspecified atom stereocenters. The molecule has 38 heavy (non-hydrogen) atoms. The standard InChI is InChI=1S/C12H11NO6.C8H7NO4.C4H4O2/c1-6(14)2-10(15)13-9-4-7(11(16)17)3-8(5-9)12(18)19;9-6-2-4(7(10)11)1-5(3-6)8(12)13;1-3-2-4(5)6-3/h3-5H,2H2,1H3,(H,13,15)(H,16,17)(H,18,19);1-3H,9H2,(H,10,11)(H,12,13);1-2H2. The van der Waals surface area contributed by atoms with Gasteiger partial charge in [-0.25, -0.2) is 19.2 Å². The highest BCUT2D eigenvalue weighted by atomic mass is 16.6. The minimum atomic E-state index is -1.31. The number of ether oxygens (including phenoxy) is 1. The lowest BCUT2D eigenvalue weighted by molar-refractivity contribution is -0.148. The van der Waals surface area contributed by atoms with Gasteiger partial charge < -0.3 is 36.2 Å². The highest BCUT2D eigenvalue weighted by Crippen LogP contribution is 2.16. The normalized spacial score (nSPS) is 11.2. The molecule has 2 aromatic rings. The van der Waals surface area contributed by atoms with Crippen LogP contribution in [0, 0.1) is 0 Å². The van der Waals surface area contributed by atoms with Gasteiger partial charge in [0, 0.05) is 11.4 Å². The number of rotatable bonds is 7. The molecule has 7 N–H and O–H groups in total. The monoisotopic (exact) mass is 530 g/mol. The second-order valence-electron chi connectivity index (χ2n) is 7.48. The summed E-state index contributed by atoms with van der Waals surface area (Å²) in [5.74, 6) is -5.60. The van der Waals surface area contributed by atoms with Crippen LogP contribution in [0.25, 0.3) is 0 Å². The van der Waals surface area contributed by atoms with Crippen molar-refractivity contribution in [2.24, 2.45) is 0 Å². The van der Waals surface area contributed by atoms with Gasteiger partial charge in [0.1, 0.15) is 18.0 Å². The Balaban J connectivity index is 0.000000324. The van der Waals surface area contributed by atoms with Gasteiger partial charge in [0.15, 0.2) is 0 Å². The molecule has 1 fully saturated rings. The number of cyclic esters (lactones) is 1. The molecule has 0 saturated carbocycles. The zero-order valence-corrected chi connectivity index (χ0v) is 19.7. The third-order valence-corrected chi connectivity index (χ3v) is 4.17. The molecule has 14 heteroatoms. The maximum atomic E-state index is 11.4. The fourth-order valence-corrected chi connectivity index (χ4v) is 2.59. The Morgan fingerprint density at radius 1 is 0.816 bits per heavy atom. The summed E-state index contributed by atoms with van der Waals surface area (Å²) in [6, 6.07) is 6.68. The first-order valence-electron chi connectivity index (χ1n) is 10.3. The molecule has 0 atom stereocenters. The second kappa shape index (κ2) is 13.5. The number of nitrogens with one attached hydrogen (secondary N) is 1. The molecule has 0 bridgehead atoms. The molecule has 1 heterocycles. The van der Waals surface area contributed by atoms with Crippen LogP contribution in [0.4, 0.5) is 11.4 Å². The molecule has 1 saturated heterocycles. The maximum absolute atomic E-state index is 11.4. The number of nitrogens with two attached hydrogens (primary N) is 1. The van der Waals surface area contributed by atoms with Gasteiger partial charge in [-0.05, 0) is 43.3 Å². The zero-order chi connectivity index (χ0) is 29.2. The van der Waals surface area contributed by atoms with Crippen molar-refractivity contribution in [3.63, 3.8) is 0 Å². The third-order valence-electron chi connectivity index (χ3n) is 4.17. The average molecular weight is 530 g/mol. The lowest BCUT2D eigenvalue weighted by atomic mass is 10.1. The minimum Gasteiger partial charge on any atom is -0.478 e. The lowest BCUT2D eigenvalue weighted by Crippen LogP contribution is -2.15. The number of esters is 1. The van der Waals surface area contributed by atoms with Crippen molar-refractivity contribution in [2.45, 2.75) is 19.8 Å². The third kappa shape index (κ3) is 10.4. The van der Waals surface area contributed by atoms with E-state index in [1.807, 2.05) is 0 Å². The predicted molar refractivity (Wildman–Crippen MR) is 129 cm³/mol. The Morgan fingerprint density at radius 3 is 1.45 bits per heavy atom. The van der Waals surface area contributed by atoms with E-state index < -0.39 is 29.8 Å². The van der Waals surface area contributed by atoms with E-state index in [0.29, 0.717) is 12.2 Å². The number of Topliss-reactive ketones (excluding diaryl/α,β-unsaturated/α-hetero) is 1. The lowest BCUT2D eigenvalue weighted by Gasteiger charge is -2.12. The Hall–Kier alpha value is -5.53. The summed E-state index contributed by atoms with van der Waals surface area (Å²) in [6.07, 6.45) is 0.0553. The Morgan fingerprint density at radius 2 is 1.18 bits per heavy atom. The summed E-state index contributed by atoms with van der Waals surface area (Å²) in [7, 11) is 0. The van der Waals surface area contributed by atoms with Gasteiger partial charge in [0.2, 0.25) is 5.91 Å². The number of hydrogen-bond donors (Lipinski definition) is 6. The topological polar surface area (TPSA) is 248 Å². The van der Waals surface area contributed by atoms with Gasteiger partial charge in [-0.1, -0.05) is 6.58 Å². The Bertz CT molecular complexity index is 1240. The van der Waals surface area contributed by atoms with Crippen molar-refractivity contribution in [3.8, 4) is 0 Å². The van der Waals surface area contributed by atoms with Gasteiger partial charge in [0.25, 0.3) is 0 Å². The summed E-state index contributed by atoms with van der Waals surface area (Å²) in [4.78, 5) is 74.6. The van der Waals surface area contributed by atoms with Crippen LogP contribution >= 0.6 is 0 Å². The summed E-state index contributed by atoms with van der Waals surface area (Å²) in [5.41, 5.74) is 4.66. The molecule has 0 aromatic heterocycles. The SMILES string of the molecule is C=C1CC(=O)O1.CC(=O)CC(=O)Nc1cc(C(=O)O)cc(C(=O)O)c1.Nc1cc(C(=O)O)cc(C(=O)O)c1. The molecular formula is C24H22N2O12. The molecule has 200 valence electrons. The van der Waals surface area contributed by atoms with Crippen LogP contribution in [-0.2, 0) is 19.1 Å². The van der Waals surface area contributed by atoms with E-state index in [1.54, 1.807) is 0 Å². The first kappa shape index (κ1) is 30.5. The number of anilines is 2. The molecule has 14 nitrogen and oxygen atoms in total. The molecule has 2 aromatic carbocycles. The van der Waals surface area contributed by atoms with Crippen molar-refractivity contribution in [2.75, 3.05) is 11.1 Å². The van der Waals surface area contributed by atoms with Crippen LogP contribution in [0.2, 0.25) is 0 Å². The molecule has 3 rings (SSSR count). The first-order chi connectivity index (χ1) is 17.6. The first-order valence-corrected chi connectivity index (χ1v) is 10.3. The fourth-order valence-electron chi connectivity index (χ4n) is 2.59. The molecule has 1 amide bonds. The summed E-state index contributed by atoms with van der Waals surface area (Å²) < 4.78 is 4.31. The molecule has 0 radical (unpaired) electrons. The highest BCUT2D eigenvalue weighted by Gasteiger charge is 2.18. The molecule has 1 aliphatic rings. The number of carboxylic acids is 4. The van der Waals surface area contributed by atoms with Crippen LogP contribution in [0.3, 0.4) is 0 Å². The van der Waals surface area contributed by atoms with Crippen LogP contribution in [-0.4, -0.2) is 62.0 Å². The van der Waals surface area contributed by atoms with Gasteiger partial charge in [0.05, 0.1) is 28.7 Å². The van der Waals surface area contributed by atoms with E-state index >= 15 is 0 Å². The van der Waals surface area contributed by atoms with E-state index in [1.165, 1.54) is 19.1 Å². The minimum absolute atomic E-state index is 0.0172. The number of amides is 1. The molecule has 0 spiro atoms. The van der Waals surface area contributed by atoms with E-state index in [4.69, 9.17) is 26.2 Å². The Kier molecular flexibility index (Phi) is 10.9. The quantitative estimate of drug-likeness (QED) is 0.171. The van der Waals surface area contributed by atoms with Crippen molar-refractivity contribution < 1.29 is 58.7 Å². The molecule has 1 aliphatic heterocycles. The average Bonchev–Trinajstić information content (AvgIpc) is 2.77. The maximum Gasteiger partial charge on any atom is 0.335 e. The van der Waals surface area contributed by atoms with E-state index in [2.05, 4.69) is 16.6 Å². The predicted octanol–water partition coefficient (Wildman–Crippen LogP) is 2.11. The van der Waals surface area contributed by atoms with Crippen LogP contribution in [0.15, 0.2) is 48.7 Å². The summed E-state index contributed by atoms with van der Waals surface area (Å²) >= 11 is 0. The van der Waals surface area contributed by atoms with Gasteiger partial charge in [-0.15, -0.1) is 0 Å². The van der Waals surface area contributed by atoms with Crippen LogP contribution < -0.4 is 11.1 Å². The molecular weight excluding hydrogens is 508 g/mol. The second-order valence-corrected chi connectivity index (χ2v) is 7.48. The number of carbonyl (C=O) groups excluding carboxylic acids is 3. The fraction of sp³-hybridized carbons (Fsp3) is 0.125. The van der Waals surface area contributed by atoms with Gasteiger partial charge in [-0.2, -0.15) is 0 Å². The van der Waals surface area contributed by atoms with E-state index in [-0.39, 0.29) is 51.8 Å². The largest absolute Gasteiger partial charge is 0.478 e. The number of carbonyl (C=O) groups is 7. The van der Waals surface area contributed by atoms with Crippen LogP contribution in [0.5, 0.6) is 0 Å². The van der Waals surface area contributed by atoms with Crippen molar-refractivity contribution in [1.29, 1.82) is 0 Å². The zero-order valence-electron chi connectivity index (χ0n) is 19.7. The Labute approximate surface area is 213 Å². The number of benzene rings is 2. The summed E-state index contributed by atoms with van der Waals surface area (Å²) in [5, 5.41) is 37.1. The molecule has 0 aliphatic carbocycles. The van der Waals surface area contributed by atoms with Gasteiger partial charge >= 0.3 is 29.8 Å². The number of carboxylic acid groups (broad SMARTS) is 4. The van der Waals surface area contributed by atoms with E-state index in [0.717, 1.165) is 24.3 Å². The number of ketones is 1. The number of nitrogen functional groups attached to an aromatic ring is 1. The van der Waals surface area contributed by atoms with Crippen molar-refractivity contribution in [3.05, 3.63) is 71.0 Å². The van der Waals surface area contributed by atoms with Crippen LogP contribution in [0.1, 0.15) is 61.2 Å².